The molecule has 0 radical (unpaired) electrons. The van der Waals surface area contributed by atoms with Gasteiger partial charge in [-0.05, 0) is 31.8 Å². The normalized spacial score (nSPS) is 32.7. The summed E-state index contributed by atoms with van der Waals surface area (Å²) in [5.41, 5.74) is 0.332. The molecule has 3 heteroatoms. The first kappa shape index (κ1) is 8.75. The Labute approximate surface area is 77.4 Å². The van der Waals surface area contributed by atoms with Crippen molar-refractivity contribution < 1.29 is 14.6 Å². The quantitative estimate of drug-likeness (QED) is 0.515. The second-order valence-electron chi connectivity index (χ2n) is 3.80. The van der Waals surface area contributed by atoms with E-state index in [-0.39, 0.29) is 12.6 Å². The van der Waals surface area contributed by atoms with E-state index in [9.17, 15) is 4.79 Å². The maximum absolute atomic E-state index is 10.9. The van der Waals surface area contributed by atoms with Gasteiger partial charge in [-0.15, -0.1) is 0 Å². The van der Waals surface area contributed by atoms with Gasteiger partial charge in [0, 0.05) is 0 Å². The van der Waals surface area contributed by atoms with Gasteiger partial charge in [0.1, 0.15) is 0 Å². The fraction of sp³-hybridized carbons (Fsp3) is 0.700. The summed E-state index contributed by atoms with van der Waals surface area (Å²) in [6.07, 6.45) is 7.60. The molecule has 1 heterocycles. The van der Waals surface area contributed by atoms with Crippen LogP contribution in [-0.4, -0.2) is 23.3 Å². The van der Waals surface area contributed by atoms with Crippen LogP contribution in [-0.2, 0) is 9.53 Å². The lowest BCUT2D eigenvalue weighted by atomic mass is 9.92. The molecule has 3 nitrogen and oxygen atoms in total. The number of epoxide rings is 1. The predicted molar refractivity (Wildman–Crippen MR) is 47.1 cm³/mol. The standard InChI is InChI=1S/C10H14O3/c11-7-10(9(12)13-10)6-8-4-2-1-3-5-8/h6,11H,1-5,7H2. The fourth-order valence-electron chi connectivity index (χ4n) is 1.85. The zero-order chi connectivity index (χ0) is 9.31. The summed E-state index contributed by atoms with van der Waals surface area (Å²) in [4.78, 5) is 10.9. The molecule has 2 fully saturated rings. The average molecular weight is 182 g/mol. The van der Waals surface area contributed by atoms with Crippen molar-refractivity contribution in [1.82, 2.24) is 0 Å². The van der Waals surface area contributed by atoms with Crippen molar-refractivity contribution in [2.75, 3.05) is 6.61 Å². The van der Waals surface area contributed by atoms with Crippen molar-refractivity contribution in [3.63, 3.8) is 0 Å². The summed E-state index contributed by atoms with van der Waals surface area (Å²) in [5.74, 6) is -0.284. The van der Waals surface area contributed by atoms with Gasteiger partial charge < -0.3 is 9.84 Å². The van der Waals surface area contributed by atoms with Crippen LogP contribution in [0.15, 0.2) is 11.6 Å². The van der Waals surface area contributed by atoms with E-state index < -0.39 is 5.60 Å². The van der Waals surface area contributed by atoms with Gasteiger partial charge in [-0.25, -0.2) is 4.79 Å². The van der Waals surface area contributed by atoms with Crippen molar-refractivity contribution in [3.05, 3.63) is 11.6 Å². The number of hydrogen-bond donors (Lipinski definition) is 1. The van der Waals surface area contributed by atoms with E-state index in [1.807, 2.05) is 6.08 Å². The molecule has 1 aliphatic heterocycles. The zero-order valence-electron chi connectivity index (χ0n) is 7.58. The minimum Gasteiger partial charge on any atom is -0.437 e. The van der Waals surface area contributed by atoms with E-state index in [0.717, 1.165) is 12.8 Å². The number of rotatable bonds is 2. The molecule has 1 N–H and O–H groups in total. The molecule has 0 aromatic rings. The maximum Gasteiger partial charge on any atom is 0.358 e. The van der Waals surface area contributed by atoms with Gasteiger partial charge in [0.2, 0.25) is 5.60 Å². The Bertz CT molecular complexity index is 249. The van der Waals surface area contributed by atoms with Crippen LogP contribution in [0.1, 0.15) is 32.1 Å². The van der Waals surface area contributed by atoms with E-state index in [1.54, 1.807) is 0 Å². The molecule has 0 aromatic carbocycles. The monoisotopic (exact) mass is 182 g/mol. The highest BCUT2D eigenvalue weighted by atomic mass is 16.7. The molecule has 13 heavy (non-hydrogen) atoms. The van der Waals surface area contributed by atoms with Gasteiger partial charge >= 0.3 is 5.97 Å². The van der Waals surface area contributed by atoms with Gasteiger partial charge in [-0.2, -0.15) is 0 Å². The van der Waals surface area contributed by atoms with Gasteiger partial charge in [0.15, 0.2) is 0 Å². The third kappa shape index (κ3) is 1.61. The number of hydrogen-bond acceptors (Lipinski definition) is 3. The van der Waals surface area contributed by atoms with E-state index in [4.69, 9.17) is 9.84 Å². The number of cyclic esters (lactones) is 1. The highest BCUT2D eigenvalue weighted by Gasteiger charge is 2.56. The molecule has 0 amide bonds. The van der Waals surface area contributed by atoms with Crippen LogP contribution in [0.2, 0.25) is 0 Å². The molecule has 1 saturated heterocycles. The van der Waals surface area contributed by atoms with Crippen LogP contribution in [0.3, 0.4) is 0 Å². The molecular formula is C10H14O3. The topological polar surface area (TPSA) is 49.8 Å². The summed E-state index contributed by atoms with van der Waals surface area (Å²) in [5, 5.41) is 8.97. The van der Waals surface area contributed by atoms with Crippen LogP contribution < -0.4 is 0 Å². The van der Waals surface area contributed by atoms with Crippen LogP contribution in [0.5, 0.6) is 0 Å². The lowest BCUT2D eigenvalue weighted by Crippen LogP contribution is -2.16. The van der Waals surface area contributed by atoms with E-state index in [2.05, 4.69) is 0 Å². The Morgan fingerprint density at radius 1 is 1.38 bits per heavy atom. The summed E-state index contributed by atoms with van der Waals surface area (Å²) >= 11 is 0. The Balaban J connectivity index is 2.05. The molecule has 1 unspecified atom stereocenters. The third-order valence-corrected chi connectivity index (χ3v) is 2.75. The smallest absolute Gasteiger partial charge is 0.358 e. The molecule has 72 valence electrons. The number of carbonyl (C=O) groups is 1. The number of carbonyl (C=O) groups excluding carboxylic acids is 1. The van der Waals surface area contributed by atoms with E-state index >= 15 is 0 Å². The van der Waals surface area contributed by atoms with Gasteiger partial charge in [-0.3, -0.25) is 0 Å². The summed E-state index contributed by atoms with van der Waals surface area (Å²) < 4.78 is 4.79. The molecule has 1 saturated carbocycles. The largest absolute Gasteiger partial charge is 0.437 e. The first-order valence-corrected chi connectivity index (χ1v) is 4.82. The summed E-state index contributed by atoms with van der Waals surface area (Å²) in [7, 11) is 0. The molecule has 0 spiro atoms. The lowest BCUT2D eigenvalue weighted by Gasteiger charge is -2.13. The number of ether oxygens (including phenoxy) is 1. The van der Waals surface area contributed by atoms with Gasteiger partial charge in [0.25, 0.3) is 0 Å². The Kier molecular flexibility index (Phi) is 2.12. The van der Waals surface area contributed by atoms with Crippen LogP contribution in [0.25, 0.3) is 0 Å². The highest BCUT2D eigenvalue weighted by Crippen LogP contribution is 2.34. The number of aliphatic hydroxyl groups is 1. The van der Waals surface area contributed by atoms with Crippen LogP contribution in [0.4, 0.5) is 0 Å². The second kappa shape index (κ2) is 3.14. The van der Waals surface area contributed by atoms with Crippen LogP contribution >= 0.6 is 0 Å². The van der Waals surface area contributed by atoms with Crippen LogP contribution in [0, 0.1) is 0 Å². The number of aliphatic hydroxyl groups excluding tert-OH is 1. The Morgan fingerprint density at radius 2 is 2.00 bits per heavy atom. The van der Waals surface area contributed by atoms with E-state index in [0.29, 0.717) is 0 Å². The highest BCUT2D eigenvalue weighted by molar-refractivity contribution is 5.95. The van der Waals surface area contributed by atoms with E-state index in [1.165, 1.54) is 24.8 Å². The van der Waals surface area contributed by atoms with Gasteiger partial charge in [0.05, 0.1) is 6.61 Å². The molecule has 0 bridgehead atoms. The van der Waals surface area contributed by atoms with Crippen molar-refractivity contribution in [3.8, 4) is 0 Å². The van der Waals surface area contributed by atoms with Gasteiger partial charge in [-0.1, -0.05) is 12.0 Å². The molecule has 2 rings (SSSR count). The first-order chi connectivity index (χ1) is 6.27. The Hall–Kier alpha value is -0.830. The molecular weight excluding hydrogens is 168 g/mol. The first-order valence-electron chi connectivity index (χ1n) is 4.82. The maximum atomic E-state index is 10.9. The Morgan fingerprint density at radius 3 is 2.46 bits per heavy atom. The minimum absolute atomic E-state index is 0.213. The minimum atomic E-state index is -0.938. The summed E-state index contributed by atoms with van der Waals surface area (Å²) in [6.45, 7) is -0.213. The van der Waals surface area contributed by atoms with Crippen molar-refractivity contribution >= 4 is 5.97 Å². The third-order valence-electron chi connectivity index (χ3n) is 2.75. The second-order valence-corrected chi connectivity index (χ2v) is 3.80. The van der Waals surface area contributed by atoms with Crippen molar-refractivity contribution in [2.24, 2.45) is 0 Å². The molecule has 2 aliphatic rings. The number of allylic oxidation sites excluding steroid dienone is 1. The molecule has 1 aliphatic carbocycles. The molecule has 0 aromatic heterocycles. The average Bonchev–Trinajstić information content (AvgIpc) is 2.79. The summed E-state index contributed by atoms with van der Waals surface area (Å²) in [6, 6.07) is 0. The zero-order valence-corrected chi connectivity index (χ0v) is 7.58. The SMILES string of the molecule is O=C1OC1(C=C1CCCCC1)CO. The fourth-order valence-corrected chi connectivity index (χ4v) is 1.85. The molecule has 1 atom stereocenters. The lowest BCUT2D eigenvalue weighted by molar-refractivity contribution is -0.117. The van der Waals surface area contributed by atoms with Crippen molar-refractivity contribution in [1.29, 1.82) is 0 Å². The predicted octanol–water partition coefficient (Wildman–Crippen LogP) is 1.16. The van der Waals surface area contributed by atoms with Crippen molar-refractivity contribution in [2.45, 2.75) is 37.7 Å².